The number of nitrogens with zero attached hydrogens (tertiary/aromatic N) is 3. The van der Waals surface area contributed by atoms with E-state index >= 15 is 0 Å². The van der Waals surface area contributed by atoms with Gasteiger partial charge in [-0.2, -0.15) is 5.10 Å². The van der Waals surface area contributed by atoms with Crippen LogP contribution in [0.1, 0.15) is 55.7 Å². The molecule has 3 heterocycles. The Balaban J connectivity index is 1.55. The van der Waals surface area contributed by atoms with Crippen LogP contribution in [0.2, 0.25) is 0 Å². The molecule has 0 saturated carbocycles. The third-order valence-corrected chi connectivity index (χ3v) is 5.04. The predicted molar refractivity (Wildman–Crippen MR) is 97.0 cm³/mol. The Morgan fingerprint density at radius 3 is 2.85 bits per heavy atom. The van der Waals surface area contributed by atoms with Gasteiger partial charge in [0.25, 0.3) is 0 Å². The molecule has 136 valence electrons. The van der Waals surface area contributed by atoms with Crippen LogP contribution < -0.4 is 0 Å². The lowest BCUT2D eigenvalue weighted by Crippen LogP contribution is -2.23. The van der Waals surface area contributed by atoms with E-state index < -0.39 is 0 Å². The summed E-state index contributed by atoms with van der Waals surface area (Å²) in [5.74, 6) is 1.04. The molecule has 5 nitrogen and oxygen atoms in total. The Labute approximate surface area is 152 Å². The molecule has 0 bridgehead atoms. The van der Waals surface area contributed by atoms with Crippen LogP contribution in [0.5, 0.6) is 0 Å². The third-order valence-electron chi connectivity index (χ3n) is 5.04. The summed E-state index contributed by atoms with van der Waals surface area (Å²) in [6, 6.07) is 8.86. The van der Waals surface area contributed by atoms with Gasteiger partial charge in [0.05, 0.1) is 17.9 Å². The number of aromatic nitrogens is 3. The highest BCUT2D eigenvalue weighted by atomic mass is 19.1. The molecule has 0 amide bonds. The maximum atomic E-state index is 13.2. The highest BCUT2D eigenvalue weighted by molar-refractivity contribution is 5.62. The van der Waals surface area contributed by atoms with Crippen LogP contribution in [0.3, 0.4) is 0 Å². The average molecular weight is 354 g/mol. The molecule has 1 N–H and O–H groups in total. The molecule has 1 fully saturated rings. The molecule has 6 heteroatoms. The van der Waals surface area contributed by atoms with Gasteiger partial charge in [-0.05, 0) is 43.7 Å². The number of benzene rings is 1. The molecule has 2 aromatic heterocycles. The first-order chi connectivity index (χ1) is 12.6. The third kappa shape index (κ3) is 3.29. The largest absolute Gasteiger partial charge is 0.361 e. The molecule has 0 spiro atoms. The zero-order valence-corrected chi connectivity index (χ0v) is 15.1. The van der Waals surface area contributed by atoms with Gasteiger partial charge in [0, 0.05) is 29.7 Å². The van der Waals surface area contributed by atoms with Crippen LogP contribution in [0.25, 0.3) is 11.3 Å². The fraction of sp³-hybridized carbons (Fsp3) is 0.400. The lowest BCUT2D eigenvalue weighted by atomic mass is 10.1. The minimum atomic E-state index is -0.235. The molecule has 0 unspecified atom stereocenters. The van der Waals surface area contributed by atoms with Crippen molar-refractivity contribution in [3.05, 3.63) is 59.4 Å². The number of likely N-dealkylation sites (tertiary alicyclic amines) is 1. The Morgan fingerprint density at radius 1 is 1.31 bits per heavy atom. The van der Waals surface area contributed by atoms with Crippen molar-refractivity contribution in [1.82, 2.24) is 20.3 Å². The normalized spacial score (nSPS) is 18.1. The molecule has 1 saturated heterocycles. The molecule has 1 aliphatic rings. The summed E-state index contributed by atoms with van der Waals surface area (Å²) in [4.78, 5) is 2.42. The van der Waals surface area contributed by atoms with E-state index in [-0.39, 0.29) is 11.9 Å². The molecule has 26 heavy (non-hydrogen) atoms. The number of rotatable bonds is 5. The van der Waals surface area contributed by atoms with E-state index in [0.717, 1.165) is 54.2 Å². The van der Waals surface area contributed by atoms with Crippen molar-refractivity contribution < 1.29 is 8.91 Å². The first kappa shape index (κ1) is 17.0. The van der Waals surface area contributed by atoms with Crippen LogP contribution in [-0.4, -0.2) is 26.8 Å². The molecule has 4 rings (SSSR count). The van der Waals surface area contributed by atoms with Gasteiger partial charge in [0.2, 0.25) is 0 Å². The van der Waals surface area contributed by atoms with Gasteiger partial charge in [-0.3, -0.25) is 10.00 Å². The summed E-state index contributed by atoms with van der Waals surface area (Å²) < 4.78 is 18.7. The maximum Gasteiger partial charge on any atom is 0.139 e. The second kappa shape index (κ2) is 7.03. The fourth-order valence-corrected chi connectivity index (χ4v) is 3.60. The van der Waals surface area contributed by atoms with Gasteiger partial charge in [-0.15, -0.1) is 0 Å². The van der Waals surface area contributed by atoms with Crippen LogP contribution in [0.4, 0.5) is 4.39 Å². The van der Waals surface area contributed by atoms with E-state index in [0.29, 0.717) is 5.92 Å². The second-order valence-corrected chi connectivity index (χ2v) is 7.21. The molecule has 1 aromatic carbocycles. The van der Waals surface area contributed by atoms with E-state index in [9.17, 15) is 4.39 Å². The molecule has 1 atom stereocenters. The van der Waals surface area contributed by atoms with Gasteiger partial charge in [-0.1, -0.05) is 19.0 Å². The van der Waals surface area contributed by atoms with Crippen molar-refractivity contribution in [2.75, 3.05) is 6.54 Å². The topological polar surface area (TPSA) is 58.0 Å². The van der Waals surface area contributed by atoms with Gasteiger partial charge in [0.15, 0.2) is 0 Å². The van der Waals surface area contributed by atoms with Crippen molar-refractivity contribution in [2.24, 2.45) is 0 Å². The maximum absolute atomic E-state index is 13.2. The van der Waals surface area contributed by atoms with E-state index in [1.165, 1.54) is 12.1 Å². The van der Waals surface area contributed by atoms with E-state index in [4.69, 9.17) is 4.52 Å². The van der Waals surface area contributed by atoms with E-state index in [1.807, 2.05) is 6.20 Å². The monoisotopic (exact) mass is 354 g/mol. The summed E-state index contributed by atoms with van der Waals surface area (Å²) in [5, 5.41) is 11.6. The van der Waals surface area contributed by atoms with E-state index in [1.54, 1.807) is 12.1 Å². The molecule has 0 radical (unpaired) electrons. The minimum absolute atomic E-state index is 0.235. The molecule has 1 aliphatic heterocycles. The first-order valence-electron chi connectivity index (χ1n) is 9.10. The van der Waals surface area contributed by atoms with Crippen LogP contribution in [-0.2, 0) is 6.54 Å². The van der Waals surface area contributed by atoms with Gasteiger partial charge in [0.1, 0.15) is 17.3 Å². The number of H-pyrrole nitrogens is 1. The summed E-state index contributed by atoms with van der Waals surface area (Å²) in [7, 11) is 0. The Morgan fingerprint density at radius 2 is 2.12 bits per heavy atom. The lowest BCUT2D eigenvalue weighted by Gasteiger charge is -2.22. The van der Waals surface area contributed by atoms with Crippen LogP contribution in [0, 0.1) is 5.82 Å². The standard InChI is InChI=1S/C20H23FN4O/c1-13(2)19-10-17(24-26-19)18-4-3-9-25(18)12-15-11-22-23-20(15)14-5-7-16(21)8-6-14/h5-8,10-11,13,18H,3-4,9,12H2,1-2H3,(H,22,23)/t18-/m0/s1. The highest BCUT2D eigenvalue weighted by Gasteiger charge is 2.29. The lowest BCUT2D eigenvalue weighted by molar-refractivity contribution is 0.236. The summed E-state index contributed by atoms with van der Waals surface area (Å²) in [6.45, 7) is 6.01. The van der Waals surface area contributed by atoms with Crippen molar-refractivity contribution >= 4 is 0 Å². The van der Waals surface area contributed by atoms with Crippen molar-refractivity contribution in [3.63, 3.8) is 0 Å². The molecular weight excluding hydrogens is 331 g/mol. The number of nitrogens with one attached hydrogen (secondary N) is 1. The van der Waals surface area contributed by atoms with Crippen molar-refractivity contribution in [3.8, 4) is 11.3 Å². The summed E-state index contributed by atoms with van der Waals surface area (Å²) in [5.41, 5.74) is 4.01. The van der Waals surface area contributed by atoms with Gasteiger partial charge < -0.3 is 4.52 Å². The SMILES string of the molecule is CC(C)c1cc([C@@H]2CCCN2Cc2cn[nH]c2-c2ccc(F)cc2)no1. The highest BCUT2D eigenvalue weighted by Crippen LogP contribution is 2.35. The van der Waals surface area contributed by atoms with Crippen molar-refractivity contribution in [2.45, 2.75) is 45.2 Å². The fourth-order valence-electron chi connectivity index (χ4n) is 3.60. The molecule has 0 aliphatic carbocycles. The summed E-state index contributed by atoms with van der Waals surface area (Å²) in [6.07, 6.45) is 4.07. The Kier molecular flexibility index (Phi) is 4.59. The van der Waals surface area contributed by atoms with Gasteiger partial charge >= 0.3 is 0 Å². The van der Waals surface area contributed by atoms with Crippen LogP contribution >= 0.6 is 0 Å². The second-order valence-electron chi connectivity index (χ2n) is 7.21. The zero-order chi connectivity index (χ0) is 18.1. The first-order valence-corrected chi connectivity index (χ1v) is 9.10. The average Bonchev–Trinajstić information content (AvgIpc) is 3.35. The molecule has 3 aromatic rings. The van der Waals surface area contributed by atoms with Crippen molar-refractivity contribution in [1.29, 1.82) is 0 Å². The zero-order valence-electron chi connectivity index (χ0n) is 15.1. The summed E-state index contributed by atoms with van der Waals surface area (Å²) >= 11 is 0. The predicted octanol–water partition coefficient (Wildman–Crippen LogP) is 4.66. The number of hydrogen-bond acceptors (Lipinski definition) is 4. The number of aromatic amines is 1. The number of halogens is 1. The van der Waals surface area contributed by atoms with E-state index in [2.05, 4.69) is 40.2 Å². The smallest absolute Gasteiger partial charge is 0.139 e. The minimum Gasteiger partial charge on any atom is -0.361 e. The van der Waals surface area contributed by atoms with Crippen LogP contribution in [0.15, 0.2) is 41.1 Å². The Hall–Kier alpha value is -2.47. The quantitative estimate of drug-likeness (QED) is 0.724. The molecular formula is C20H23FN4O. The Bertz CT molecular complexity index is 868. The number of hydrogen-bond donors (Lipinski definition) is 1. The van der Waals surface area contributed by atoms with Gasteiger partial charge in [-0.25, -0.2) is 4.39 Å².